The molecule has 1 heterocycles. The van der Waals surface area contributed by atoms with Gasteiger partial charge in [0.2, 0.25) is 10.0 Å². The molecule has 1 aromatic carbocycles. The van der Waals surface area contributed by atoms with E-state index >= 15 is 0 Å². The summed E-state index contributed by atoms with van der Waals surface area (Å²) in [6, 6.07) is 6.97. The molecule has 0 saturated carbocycles. The normalized spacial score (nSPS) is 12.2. The van der Waals surface area contributed by atoms with Crippen LogP contribution in [0.4, 0.5) is 0 Å². The highest BCUT2D eigenvalue weighted by Crippen LogP contribution is 2.26. The van der Waals surface area contributed by atoms with Crippen molar-refractivity contribution in [2.75, 3.05) is 19.0 Å². The fourth-order valence-electron chi connectivity index (χ4n) is 2.19. The second-order valence-electron chi connectivity index (χ2n) is 4.47. The maximum absolute atomic E-state index is 12.7. The molecule has 0 aliphatic heterocycles. The third kappa shape index (κ3) is 2.66. The lowest BCUT2D eigenvalue weighted by atomic mass is 10.1. The minimum Gasteiger partial charge on any atom is -0.256 e. The number of aryl methyl sites for hydroxylation is 1. The summed E-state index contributed by atoms with van der Waals surface area (Å²) in [6.45, 7) is 4.42. The average molecular weight is 313 g/mol. The summed E-state index contributed by atoms with van der Waals surface area (Å²) in [6.07, 6.45) is 1.67. The first kappa shape index (κ1) is 15.2. The highest BCUT2D eigenvalue weighted by Gasteiger charge is 2.25. The van der Waals surface area contributed by atoms with Crippen molar-refractivity contribution >= 4 is 32.5 Å². The molecule has 0 unspecified atom stereocenters. The fraction of sp³-hybridized carbons (Fsp3) is 0.357. The van der Waals surface area contributed by atoms with Crippen LogP contribution in [0.25, 0.3) is 10.9 Å². The summed E-state index contributed by atoms with van der Waals surface area (Å²) in [7, 11) is -3.55. The first-order valence-corrected chi connectivity index (χ1v) is 8.40. The average Bonchev–Trinajstić information content (AvgIpc) is 2.45. The topological polar surface area (TPSA) is 50.3 Å². The van der Waals surface area contributed by atoms with Crippen molar-refractivity contribution in [3.63, 3.8) is 0 Å². The van der Waals surface area contributed by atoms with E-state index in [1.165, 1.54) is 4.31 Å². The molecule has 0 aliphatic carbocycles. The zero-order chi connectivity index (χ0) is 14.8. The predicted octanol–water partition coefficient (Wildman–Crippen LogP) is 2.79. The number of halogens is 1. The molecule has 0 amide bonds. The first-order valence-electron chi connectivity index (χ1n) is 6.42. The Labute approximate surface area is 124 Å². The lowest BCUT2D eigenvalue weighted by Gasteiger charge is -2.20. The molecule has 2 aromatic rings. The van der Waals surface area contributed by atoms with E-state index in [2.05, 4.69) is 4.98 Å². The number of fused-ring (bicyclic) bond motifs is 1. The number of rotatable bonds is 5. The molecular formula is C14H17ClN2O2S. The van der Waals surface area contributed by atoms with E-state index in [4.69, 9.17) is 11.6 Å². The number of sulfonamides is 1. The predicted molar refractivity (Wildman–Crippen MR) is 81.6 cm³/mol. The number of hydrogen-bond acceptors (Lipinski definition) is 3. The van der Waals surface area contributed by atoms with E-state index < -0.39 is 10.0 Å². The third-order valence-electron chi connectivity index (χ3n) is 3.24. The van der Waals surface area contributed by atoms with Crippen molar-refractivity contribution in [2.24, 2.45) is 0 Å². The second-order valence-corrected chi connectivity index (χ2v) is 6.75. The monoisotopic (exact) mass is 312 g/mol. The fourth-order valence-corrected chi connectivity index (χ4v) is 4.13. The number of nitrogens with zero attached hydrogens (tertiary/aromatic N) is 2. The number of hydrogen-bond donors (Lipinski definition) is 0. The molecule has 0 fully saturated rings. The molecule has 0 radical (unpaired) electrons. The molecule has 4 nitrogen and oxygen atoms in total. The summed E-state index contributed by atoms with van der Waals surface area (Å²) in [5.74, 6) is 0.273. The Morgan fingerprint density at radius 3 is 2.70 bits per heavy atom. The highest BCUT2D eigenvalue weighted by atomic mass is 35.5. The van der Waals surface area contributed by atoms with Crippen LogP contribution in [0.2, 0.25) is 0 Å². The number of benzene rings is 1. The SMILES string of the molecule is CCN(CCCl)S(=O)(=O)c1ccc(C)c2ncccc12. The van der Waals surface area contributed by atoms with E-state index in [-0.39, 0.29) is 10.8 Å². The van der Waals surface area contributed by atoms with E-state index in [9.17, 15) is 8.42 Å². The molecule has 6 heteroatoms. The van der Waals surface area contributed by atoms with Gasteiger partial charge in [0.15, 0.2) is 0 Å². The second kappa shape index (κ2) is 6.08. The lowest BCUT2D eigenvalue weighted by molar-refractivity contribution is 0.447. The maximum atomic E-state index is 12.7. The zero-order valence-corrected chi connectivity index (χ0v) is 13.1. The van der Waals surface area contributed by atoms with Crippen molar-refractivity contribution in [2.45, 2.75) is 18.7 Å². The molecule has 20 heavy (non-hydrogen) atoms. The van der Waals surface area contributed by atoms with Gasteiger partial charge >= 0.3 is 0 Å². The quantitative estimate of drug-likeness (QED) is 0.798. The Morgan fingerprint density at radius 2 is 2.05 bits per heavy atom. The molecule has 1 aromatic heterocycles. The van der Waals surface area contributed by atoms with Gasteiger partial charge < -0.3 is 0 Å². The molecule has 0 spiro atoms. The highest BCUT2D eigenvalue weighted by molar-refractivity contribution is 7.89. The summed E-state index contributed by atoms with van der Waals surface area (Å²) < 4.78 is 26.8. The van der Waals surface area contributed by atoms with Crippen LogP contribution >= 0.6 is 11.6 Å². The molecule has 108 valence electrons. The van der Waals surface area contributed by atoms with Gasteiger partial charge in [-0.1, -0.05) is 13.0 Å². The maximum Gasteiger partial charge on any atom is 0.243 e. The van der Waals surface area contributed by atoms with Crippen LogP contribution in [0.15, 0.2) is 35.4 Å². The molecule has 0 aliphatic rings. The number of alkyl halides is 1. The van der Waals surface area contributed by atoms with Crippen LogP contribution in [0.1, 0.15) is 12.5 Å². The van der Waals surface area contributed by atoms with E-state index in [1.54, 1.807) is 37.4 Å². The lowest BCUT2D eigenvalue weighted by Crippen LogP contribution is -2.32. The van der Waals surface area contributed by atoms with Crippen LogP contribution in [0.5, 0.6) is 0 Å². The Balaban J connectivity index is 2.66. The van der Waals surface area contributed by atoms with Crippen LogP contribution in [-0.2, 0) is 10.0 Å². The molecule has 0 atom stereocenters. The largest absolute Gasteiger partial charge is 0.256 e. The van der Waals surface area contributed by atoms with Crippen LogP contribution in [0.3, 0.4) is 0 Å². The summed E-state index contributed by atoms with van der Waals surface area (Å²) in [5.41, 5.74) is 1.68. The van der Waals surface area contributed by atoms with Crippen molar-refractivity contribution < 1.29 is 8.42 Å². The van der Waals surface area contributed by atoms with Crippen molar-refractivity contribution in [1.29, 1.82) is 0 Å². The summed E-state index contributed by atoms with van der Waals surface area (Å²) >= 11 is 5.69. The van der Waals surface area contributed by atoms with Gasteiger partial charge in [-0.2, -0.15) is 4.31 Å². The number of aromatic nitrogens is 1. The van der Waals surface area contributed by atoms with Crippen LogP contribution in [-0.4, -0.2) is 36.7 Å². The molecule has 0 N–H and O–H groups in total. The van der Waals surface area contributed by atoms with Gasteiger partial charge in [-0.25, -0.2) is 8.42 Å². The Morgan fingerprint density at radius 1 is 1.30 bits per heavy atom. The van der Waals surface area contributed by atoms with Crippen molar-refractivity contribution in [1.82, 2.24) is 9.29 Å². The standard InChI is InChI=1S/C14H17ClN2O2S/c1-3-17(10-8-15)20(18,19)13-7-6-11(2)14-12(13)5-4-9-16-14/h4-7,9H,3,8,10H2,1-2H3. The van der Waals surface area contributed by atoms with Crippen molar-refractivity contribution in [3.8, 4) is 0 Å². The van der Waals surface area contributed by atoms with Crippen molar-refractivity contribution in [3.05, 3.63) is 36.0 Å². The van der Waals surface area contributed by atoms with Crippen LogP contribution < -0.4 is 0 Å². The Bertz CT molecular complexity index is 716. The molecule has 0 bridgehead atoms. The van der Waals surface area contributed by atoms with Gasteiger partial charge in [-0.05, 0) is 30.7 Å². The zero-order valence-electron chi connectivity index (χ0n) is 11.5. The third-order valence-corrected chi connectivity index (χ3v) is 5.44. The van der Waals surface area contributed by atoms with Gasteiger partial charge in [0, 0.05) is 30.6 Å². The van der Waals surface area contributed by atoms with Gasteiger partial charge in [0.1, 0.15) is 0 Å². The van der Waals surface area contributed by atoms with Gasteiger partial charge in [-0.15, -0.1) is 11.6 Å². The van der Waals surface area contributed by atoms with E-state index in [1.807, 2.05) is 6.92 Å². The minimum atomic E-state index is -3.55. The van der Waals surface area contributed by atoms with E-state index in [0.29, 0.717) is 18.5 Å². The molecular weight excluding hydrogens is 296 g/mol. The Hall–Kier alpha value is -1.17. The first-order chi connectivity index (χ1) is 9.52. The van der Waals surface area contributed by atoms with Gasteiger partial charge in [0.05, 0.1) is 10.4 Å². The number of pyridine rings is 1. The van der Waals surface area contributed by atoms with E-state index in [0.717, 1.165) is 11.1 Å². The molecule has 2 rings (SSSR count). The molecule has 0 saturated heterocycles. The summed E-state index contributed by atoms with van der Waals surface area (Å²) in [4.78, 5) is 4.57. The smallest absolute Gasteiger partial charge is 0.243 e. The summed E-state index contributed by atoms with van der Waals surface area (Å²) in [5, 5.41) is 0.653. The van der Waals surface area contributed by atoms with Gasteiger partial charge in [-0.3, -0.25) is 4.98 Å². The minimum absolute atomic E-state index is 0.273. The van der Waals surface area contributed by atoms with Crippen LogP contribution in [0, 0.1) is 6.92 Å². The Kier molecular flexibility index (Phi) is 4.62. The van der Waals surface area contributed by atoms with Gasteiger partial charge in [0.25, 0.3) is 0 Å².